The second-order valence-electron chi connectivity index (χ2n) is 6.14. The largest absolute Gasteiger partial charge is 0.497 e. The minimum Gasteiger partial charge on any atom is -0.497 e. The second kappa shape index (κ2) is 8.42. The van der Waals surface area contributed by atoms with Crippen LogP contribution in [0.25, 0.3) is 0 Å². The molecule has 0 fully saturated rings. The molecule has 1 N–H and O–H groups in total. The van der Waals surface area contributed by atoms with Crippen molar-refractivity contribution in [1.82, 2.24) is 5.32 Å². The molecular formula is C17H26N2O5. The Kier molecular flexibility index (Phi) is 6.88. The van der Waals surface area contributed by atoms with E-state index in [4.69, 9.17) is 14.2 Å². The van der Waals surface area contributed by atoms with Gasteiger partial charge in [0.2, 0.25) is 5.91 Å². The summed E-state index contributed by atoms with van der Waals surface area (Å²) in [6.45, 7) is 7.33. The summed E-state index contributed by atoms with van der Waals surface area (Å²) in [5.41, 5.74) is 0.00993. The van der Waals surface area contributed by atoms with Crippen molar-refractivity contribution in [3.05, 3.63) is 18.2 Å². The molecule has 0 radical (unpaired) electrons. The first-order valence-corrected chi connectivity index (χ1v) is 7.65. The van der Waals surface area contributed by atoms with Crippen molar-refractivity contribution in [2.24, 2.45) is 0 Å². The number of alkyl carbamates (subject to hydrolysis) is 1. The molecule has 1 aromatic carbocycles. The minimum atomic E-state index is -0.569. The van der Waals surface area contributed by atoms with E-state index in [1.807, 2.05) is 0 Å². The molecule has 0 aliphatic carbocycles. The fourth-order valence-corrected chi connectivity index (χ4v) is 2.04. The quantitative estimate of drug-likeness (QED) is 0.863. The molecule has 0 saturated carbocycles. The molecule has 0 heterocycles. The van der Waals surface area contributed by atoms with E-state index < -0.39 is 11.7 Å². The number of methoxy groups -OCH3 is 2. The third kappa shape index (κ3) is 5.98. The number of carbonyl (C=O) groups is 2. The van der Waals surface area contributed by atoms with Crippen molar-refractivity contribution >= 4 is 17.7 Å². The van der Waals surface area contributed by atoms with Crippen LogP contribution in [0, 0.1) is 0 Å². The number of benzene rings is 1. The lowest BCUT2D eigenvalue weighted by molar-refractivity contribution is -0.116. The van der Waals surface area contributed by atoms with Gasteiger partial charge < -0.3 is 24.4 Å². The Morgan fingerprint density at radius 1 is 1.17 bits per heavy atom. The molecule has 0 aromatic heterocycles. The number of anilines is 1. The average molecular weight is 338 g/mol. The van der Waals surface area contributed by atoms with Gasteiger partial charge in [-0.15, -0.1) is 0 Å². The molecule has 0 spiro atoms. The Morgan fingerprint density at radius 2 is 1.83 bits per heavy atom. The lowest BCUT2D eigenvalue weighted by atomic mass is 10.2. The maximum absolute atomic E-state index is 12.0. The van der Waals surface area contributed by atoms with Crippen LogP contribution in [0.1, 0.15) is 27.7 Å². The molecule has 134 valence electrons. The van der Waals surface area contributed by atoms with Crippen LogP contribution in [0.4, 0.5) is 10.5 Å². The van der Waals surface area contributed by atoms with Gasteiger partial charge in [0.05, 0.1) is 19.9 Å². The Bertz CT molecular complexity index is 581. The van der Waals surface area contributed by atoms with Crippen LogP contribution in [0.2, 0.25) is 0 Å². The Labute approximate surface area is 142 Å². The standard InChI is InChI=1S/C17H26N2O5/c1-12(20)19(10-9-18-16(21)24-17(2,3)4)14-11-13(22-5)7-8-15(14)23-6/h7-8,11H,9-10H2,1-6H3,(H,18,21). The predicted octanol–water partition coefficient (Wildman–Crippen LogP) is 2.58. The molecule has 1 aromatic rings. The summed E-state index contributed by atoms with van der Waals surface area (Å²) in [5.74, 6) is 0.980. The average Bonchev–Trinajstić information content (AvgIpc) is 2.48. The van der Waals surface area contributed by atoms with Crippen molar-refractivity contribution in [3.63, 3.8) is 0 Å². The fourth-order valence-electron chi connectivity index (χ4n) is 2.04. The molecule has 0 aliphatic heterocycles. The van der Waals surface area contributed by atoms with Crippen LogP contribution in [0.3, 0.4) is 0 Å². The Balaban J connectivity index is 2.82. The maximum Gasteiger partial charge on any atom is 0.407 e. The van der Waals surface area contributed by atoms with E-state index in [1.54, 1.807) is 46.1 Å². The van der Waals surface area contributed by atoms with Crippen LogP contribution >= 0.6 is 0 Å². The number of nitrogens with zero attached hydrogens (tertiary/aromatic N) is 1. The van der Waals surface area contributed by atoms with E-state index in [0.717, 1.165) is 0 Å². The fraction of sp³-hybridized carbons (Fsp3) is 0.529. The summed E-state index contributed by atoms with van der Waals surface area (Å²) in [6, 6.07) is 5.19. The molecule has 0 aliphatic rings. The smallest absolute Gasteiger partial charge is 0.407 e. The van der Waals surface area contributed by atoms with E-state index in [9.17, 15) is 9.59 Å². The van der Waals surface area contributed by atoms with Gasteiger partial charge in [-0.25, -0.2) is 4.79 Å². The summed E-state index contributed by atoms with van der Waals surface area (Å²) in [7, 11) is 3.08. The lowest BCUT2D eigenvalue weighted by Crippen LogP contribution is -2.39. The van der Waals surface area contributed by atoms with E-state index in [1.165, 1.54) is 18.9 Å². The highest BCUT2D eigenvalue weighted by molar-refractivity contribution is 5.93. The number of hydrogen-bond acceptors (Lipinski definition) is 5. The first-order chi connectivity index (χ1) is 11.2. The van der Waals surface area contributed by atoms with Crippen molar-refractivity contribution in [2.45, 2.75) is 33.3 Å². The molecule has 0 unspecified atom stereocenters. The third-order valence-corrected chi connectivity index (χ3v) is 3.06. The lowest BCUT2D eigenvalue weighted by Gasteiger charge is -2.24. The van der Waals surface area contributed by atoms with Crippen molar-refractivity contribution in [2.75, 3.05) is 32.2 Å². The van der Waals surface area contributed by atoms with Crippen LogP contribution in [-0.4, -0.2) is 44.9 Å². The van der Waals surface area contributed by atoms with E-state index in [2.05, 4.69) is 5.32 Å². The number of amides is 2. The topological polar surface area (TPSA) is 77.1 Å². The van der Waals surface area contributed by atoms with E-state index >= 15 is 0 Å². The van der Waals surface area contributed by atoms with Gasteiger partial charge in [-0.1, -0.05) is 0 Å². The van der Waals surface area contributed by atoms with Gasteiger partial charge in [0.1, 0.15) is 17.1 Å². The summed E-state index contributed by atoms with van der Waals surface area (Å²) in [6.07, 6.45) is -0.524. The van der Waals surface area contributed by atoms with Crippen LogP contribution in [0.15, 0.2) is 18.2 Å². The molecule has 7 nitrogen and oxygen atoms in total. The molecule has 7 heteroatoms. The van der Waals surface area contributed by atoms with Gasteiger partial charge in [-0.2, -0.15) is 0 Å². The second-order valence-corrected chi connectivity index (χ2v) is 6.14. The number of ether oxygens (including phenoxy) is 3. The zero-order chi connectivity index (χ0) is 18.3. The van der Waals surface area contributed by atoms with Gasteiger partial charge in [-0.05, 0) is 32.9 Å². The summed E-state index contributed by atoms with van der Waals surface area (Å²) < 4.78 is 15.7. The Morgan fingerprint density at radius 3 is 2.33 bits per heavy atom. The Hall–Kier alpha value is -2.44. The predicted molar refractivity (Wildman–Crippen MR) is 91.8 cm³/mol. The maximum atomic E-state index is 12.0. The molecule has 2 amide bonds. The third-order valence-electron chi connectivity index (χ3n) is 3.06. The van der Waals surface area contributed by atoms with Crippen LogP contribution < -0.4 is 19.7 Å². The molecule has 0 bridgehead atoms. The zero-order valence-corrected chi connectivity index (χ0v) is 15.1. The number of nitrogens with one attached hydrogen (secondary N) is 1. The van der Waals surface area contributed by atoms with Crippen molar-refractivity contribution < 1.29 is 23.8 Å². The number of carbonyl (C=O) groups excluding carboxylic acids is 2. The SMILES string of the molecule is COc1ccc(OC)c(N(CCNC(=O)OC(C)(C)C)C(C)=O)c1. The van der Waals surface area contributed by atoms with E-state index in [-0.39, 0.29) is 19.0 Å². The molecular weight excluding hydrogens is 312 g/mol. The highest BCUT2D eigenvalue weighted by Crippen LogP contribution is 2.32. The zero-order valence-electron chi connectivity index (χ0n) is 15.1. The van der Waals surface area contributed by atoms with Gasteiger partial charge >= 0.3 is 6.09 Å². The normalized spacial score (nSPS) is 10.8. The number of rotatable bonds is 6. The van der Waals surface area contributed by atoms with Gasteiger partial charge in [0, 0.05) is 26.1 Å². The monoisotopic (exact) mass is 338 g/mol. The first-order valence-electron chi connectivity index (χ1n) is 7.65. The van der Waals surface area contributed by atoms with Gasteiger partial charge in [-0.3, -0.25) is 4.79 Å². The minimum absolute atomic E-state index is 0.174. The number of hydrogen-bond donors (Lipinski definition) is 1. The highest BCUT2D eigenvalue weighted by atomic mass is 16.6. The van der Waals surface area contributed by atoms with Gasteiger partial charge in [0.15, 0.2) is 0 Å². The first kappa shape index (κ1) is 19.6. The molecule has 0 atom stereocenters. The van der Waals surface area contributed by atoms with Crippen molar-refractivity contribution in [1.29, 1.82) is 0 Å². The van der Waals surface area contributed by atoms with Crippen LogP contribution in [0.5, 0.6) is 11.5 Å². The summed E-state index contributed by atoms with van der Waals surface area (Å²) in [4.78, 5) is 25.2. The molecule has 1 rings (SSSR count). The van der Waals surface area contributed by atoms with Gasteiger partial charge in [0.25, 0.3) is 0 Å². The van der Waals surface area contributed by atoms with E-state index in [0.29, 0.717) is 17.2 Å². The molecule has 24 heavy (non-hydrogen) atoms. The summed E-state index contributed by atoms with van der Waals surface area (Å²) in [5, 5.41) is 2.63. The van der Waals surface area contributed by atoms with Crippen molar-refractivity contribution in [3.8, 4) is 11.5 Å². The highest BCUT2D eigenvalue weighted by Gasteiger charge is 2.19. The molecule has 0 saturated heterocycles. The van der Waals surface area contributed by atoms with Crippen LogP contribution in [-0.2, 0) is 9.53 Å². The summed E-state index contributed by atoms with van der Waals surface area (Å²) >= 11 is 0.